The van der Waals surface area contributed by atoms with Gasteiger partial charge >= 0.3 is 0 Å². The van der Waals surface area contributed by atoms with Crippen LogP contribution in [0.3, 0.4) is 0 Å². The molecule has 0 aliphatic carbocycles. The summed E-state index contributed by atoms with van der Waals surface area (Å²) in [5, 5.41) is 0.454. The van der Waals surface area contributed by atoms with Gasteiger partial charge in [-0.25, -0.2) is 4.39 Å². The van der Waals surface area contributed by atoms with Crippen molar-refractivity contribution in [2.75, 3.05) is 5.73 Å². The zero-order valence-corrected chi connectivity index (χ0v) is 9.75. The number of rotatable bonds is 3. The van der Waals surface area contributed by atoms with Crippen molar-refractivity contribution in [1.82, 2.24) is 0 Å². The maximum Gasteiger partial charge on any atom is 0.140 e. The molecule has 0 spiro atoms. The van der Waals surface area contributed by atoms with Gasteiger partial charge in [0.2, 0.25) is 0 Å². The largest absolute Gasteiger partial charge is 0.487 e. The van der Waals surface area contributed by atoms with Crippen LogP contribution in [0, 0.1) is 5.82 Å². The molecule has 0 radical (unpaired) electrons. The van der Waals surface area contributed by atoms with Gasteiger partial charge in [-0.15, -0.1) is 0 Å². The number of nitrogen functional groups attached to an aromatic ring is 1. The van der Waals surface area contributed by atoms with E-state index in [0.29, 0.717) is 22.0 Å². The molecule has 0 heterocycles. The van der Waals surface area contributed by atoms with Crippen molar-refractivity contribution in [2.24, 2.45) is 0 Å². The topological polar surface area (TPSA) is 35.2 Å². The molecule has 0 aliphatic heterocycles. The molecule has 2 aromatic rings. The van der Waals surface area contributed by atoms with Crippen LogP contribution in [0.25, 0.3) is 0 Å². The standard InChI is InChI=1S/C13H11ClFNO/c14-11-6-5-10(16)7-13(11)17-8-9-3-1-2-4-12(9)15/h1-7H,8,16H2. The zero-order valence-electron chi connectivity index (χ0n) is 8.99. The van der Waals surface area contributed by atoms with Crippen LogP contribution in [-0.4, -0.2) is 0 Å². The van der Waals surface area contributed by atoms with E-state index in [1.165, 1.54) is 6.07 Å². The lowest BCUT2D eigenvalue weighted by molar-refractivity contribution is 0.300. The lowest BCUT2D eigenvalue weighted by atomic mass is 10.2. The first-order valence-electron chi connectivity index (χ1n) is 5.08. The van der Waals surface area contributed by atoms with Gasteiger partial charge < -0.3 is 10.5 Å². The van der Waals surface area contributed by atoms with Crippen LogP contribution >= 0.6 is 11.6 Å². The number of halogens is 2. The fourth-order valence-electron chi connectivity index (χ4n) is 1.40. The molecule has 17 heavy (non-hydrogen) atoms. The first-order valence-corrected chi connectivity index (χ1v) is 5.46. The Morgan fingerprint density at radius 3 is 2.71 bits per heavy atom. The molecule has 0 amide bonds. The lowest BCUT2D eigenvalue weighted by Gasteiger charge is -2.09. The van der Waals surface area contributed by atoms with Crippen LogP contribution in [0.5, 0.6) is 5.75 Å². The van der Waals surface area contributed by atoms with Gasteiger partial charge in [0, 0.05) is 17.3 Å². The number of ether oxygens (including phenoxy) is 1. The van der Waals surface area contributed by atoms with Gasteiger partial charge in [-0.1, -0.05) is 29.8 Å². The van der Waals surface area contributed by atoms with Crippen LogP contribution in [0.1, 0.15) is 5.56 Å². The van der Waals surface area contributed by atoms with E-state index in [4.69, 9.17) is 22.1 Å². The summed E-state index contributed by atoms with van der Waals surface area (Å²) >= 11 is 5.93. The highest BCUT2D eigenvalue weighted by Gasteiger charge is 2.05. The van der Waals surface area contributed by atoms with Gasteiger partial charge in [-0.2, -0.15) is 0 Å². The Bertz CT molecular complexity index is 531. The van der Waals surface area contributed by atoms with Crippen LogP contribution in [0.4, 0.5) is 10.1 Å². The van der Waals surface area contributed by atoms with Gasteiger partial charge in [0.05, 0.1) is 5.02 Å². The molecule has 2 aromatic carbocycles. The first-order chi connectivity index (χ1) is 8.16. The minimum atomic E-state index is -0.299. The van der Waals surface area contributed by atoms with Gasteiger partial charge in [-0.3, -0.25) is 0 Å². The Labute approximate surface area is 104 Å². The van der Waals surface area contributed by atoms with Crippen molar-refractivity contribution in [3.8, 4) is 5.75 Å². The van der Waals surface area contributed by atoms with Crippen molar-refractivity contribution >= 4 is 17.3 Å². The second-order valence-electron chi connectivity index (χ2n) is 3.57. The van der Waals surface area contributed by atoms with Gasteiger partial charge in [-0.05, 0) is 18.2 Å². The normalized spacial score (nSPS) is 10.2. The highest BCUT2D eigenvalue weighted by atomic mass is 35.5. The number of anilines is 1. The molecule has 88 valence electrons. The molecule has 0 aromatic heterocycles. The Balaban J connectivity index is 2.12. The number of hydrogen-bond acceptors (Lipinski definition) is 2. The summed E-state index contributed by atoms with van der Waals surface area (Å²) in [6, 6.07) is 11.4. The van der Waals surface area contributed by atoms with Crippen molar-refractivity contribution in [3.05, 3.63) is 58.9 Å². The Hall–Kier alpha value is -1.74. The van der Waals surface area contributed by atoms with E-state index in [1.807, 2.05) is 0 Å². The second kappa shape index (κ2) is 5.06. The summed E-state index contributed by atoms with van der Waals surface area (Å²) in [4.78, 5) is 0. The van der Waals surface area contributed by atoms with Crippen molar-refractivity contribution in [1.29, 1.82) is 0 Å². The van der Waals surface area contributed by atoms with E-state index in [9.17, 15) is 4.39 Å². The molecule has 0 atom stereocenters. The summed E-state index contributed by atoms with van der Waals surface area (Å²) < 4.78 is 18.8. The molecule has 2 N–H and O–H groups in total. The SMILES string of the molecule is Nc1ccc(Cl)c(OCc2ccccc2F)c1. The van der Waals surface area contributed by atoms with Gasteiger partial charge in [0.25, 0.3) is 0 Å². The number of nitrogens with two attached hydrogens (primary N) is 1. The molecule has 0 unspecified atom stereocenters. The Kier molecular flexibility index (Phi) is 3.49. The lowest BCUT2D eigenvalue weighted by Crippen LogP contribution is -1.99. The summed E-state index contributed by atoms with van der Waals surface area (Å²) in [6.07, 6.45) is 0. The molecule has 2 nitrogen and oxygen atoms in total. The van der Waals surface area contributed by atoms with Crippen LogP contribution in [0.15, 0.2) is 42.5 Å². The molecule has 0 aliphatic rings. The second-order valence-corrected chi connectivity index (χ2v) is 3.98. The van der Waals surface area contributed by atoms with Crippen molar-refractivity contribution < 1.29 is 9.13 Å². The third-order valence-corrected chi connectivity index (χ3v) is 2.61. The van der Waals surface area contributed by atoms with E-state index < -0.39 is 0 Å². The average molecular weight is 252 g/mol. The highest BCUT2D eigenvalue weighted by Crippen LogP contribution is 2.27. The van der Waals surface area contributed by atoms with E-state index in [2.05, 4.69) is 0 Å². The summed E-state index contributed by atoms with van der Waals surface area (Å²) in [6.45, 7) is 0.121. The predicted octanol–water partition coefficient (Wildman–Crippen LogP) is 3.64. The molecular weight excluding hydrogens is 241 g/mol. The van der Waals surface area contributed by atoms with E-state index in [-0.39, 0.29) is 12.4 Å². The molecule has 2 rings (SSSR count). The molecular formula is C13H11ClFNO. The number of hydrogen-bond donors (Lipinski definition) is 1. The zero-order chi connectivity index (χ0) is 12.3. The molecule has 0 fully saturated rings. The first kappa shape index (κ1) is 11.7. The summed E-state index contributed by atoms with van der Waals surface area (Å²) in [5.74, 6) is 0.155. The van der Waals surface area contributed by atoms with E-state index >= 15 is 0 Å². The fraction of sp³-hybridized carbons (Fsp3) is 0.0769. The van der Waals surface area contributed by atoms with E-state index in [0.717, 1.165) is 0 Å². The maximum atomic E-state index is 13.3. The minimum Gasteiger partial charge on any atom is -0.487 e. The summed E-state index contributed by atoms with van der Waals surface area (Å²) in [5.41, 5.74) is 6.65. The van der Waals surface area contributed by atoms with Gasteiger partial charge in [0.1, 0.15) is 18.2 Å². The smallest absolute Gasteiger partial charge is 0.140 e. The quantitative estimate of drug-likeness (QED) is 0.846. The van der Waals surface area contributed by atoms with Gasteiger partial charge in [0.15, 0.2) is 0 Å². The van der Waals surface area contributed by atoms with Crippen LogP contribution in [-0.2, 0) is 6.61 Å². The van der Waals surface area contributed by atoms with E-state index in [1.54, 1.807) is 36.4 Å². The van der Waals surface area contributed by atoms with Crippen molar-refractivity contribution in [3.63, 3.8) is 0 Å². The monoisotopic (exact) mass is 251 g/mol. The Morgan fingerprint density at radius 2 is 1.94 bits per heavy atom. The fourth-order valence-corrected chi connectivity index (χ4v) is 1.57. The summed E-state index contributed by atoms with van der Waals surface area (Å²) in [7, 11) is 0. The molecule has 0 bridgehead atoms. The predicted molar refractivity (Wildman–Crippen MR) is 66.6 cm³/mol. The van der Waals surface area contributed by atoms with Crippen molar-refractivity contribution in [2.45, 2.75) is 6.61 Å². The molecule has 4 heteroatoms. The average Bonchev–Trinajstić information content (AvgIpc) is 2.32. The molecule has 0 saturated carbocycles. The third-order valence-electron chi connectivity index (χ3n) is 2.30. The van der Waals surface area contributed by atoms with Crippen LogP contribution < -0.4 is 10.5 Å². The van der Waals surface area contributed by atoms with Crippen LogP contribution in [0.2, 0.25) is 5.02 Å². The third kappa shape index (κ3) is 2.88. The molecule has 0 saturated heterocycles. The highest BCUT2D eigenvalue weighted by molar-refractivity contribution is 6.32. The minimum absolute atomic E-state index is 0.121. The maximum absolute atomic E-state index is 13.3. The number of benzene rings is 2. The Morgan fingerprint density at radius 1 is 1.18 bits per heavy atom.